The van der Waals surface area contributed by atoms with Gasteiger partial charge in [0.1, 0.15) is 5.75 Å². The largest absolute Gasteiger partial charge is 0.496 e. The number of benzene rings is 2. The van der Waals surface area contributed by atoms with Crippen molar-refractivity contribution >= 4 is 22.9 Å². The first-order valence-corrected chi connectivity index (χ1v) is 11.2. The average molecular weight is 443 g/mol. The number of aliphatic hydroxyl groups is 1. The number of carbonyl (C=O) groups excluding carboxylic acids is 1. The first-order valence-electron chi connectivity index (χ1n) is 11.2. The SMILES string of the molecule is COc1ccccc1-c1cc(C(=O)Nc2nc3ccccc3n2[C@@H]2CCC[C@@H](O)C2)ccn1. The van der Waals surface area contributed by atoms with Gasteiger partial charge < -0.3 is 14.4 Å². The van der Waals surface area contributed by atoms with Gasteiger partial charge >= 0.3 is 0 Å². The van der Waals surface area contributed by atoms with Crippen LogP contribution >= 0.6 is 0 Å². The van der Waals surface area contributed by atoms with Crippen LogP contribution in [0.4, 0.5) is 5.95 Å². The van der Waals surface area contributed by atoms with Gasteiger partial charge in [0.25, 0.3) is 5.91 Å². The second-order valence-corrected chi connectivity index (χ2v) is 8.35. The Labute approximate surface area is 192 Å². The molecule has 2 N–H and O–H groups in total. The van der Waals surface area contributed by atoms with Crippen molar-refractivity contribution in [1.82, 2.24) is 14.5 Å². The van der Waals surface area contributed by atoms with Crippen LogP contribution in [0.1, 0.15) is 42.1 Å². The van der Waals surface area contributed by atoms with Crippen molar-refractivity contribution in [3.8, 4) is 17.0 Å². The molecule has 168 valence electrons. The first-order chi connectivity index (χ1) is 16.1. The number of carbonyl (C=O) groups is 1. The number of nitrogens with one attached hydrogen (secondary N) is 1. The van der Waals surface area contributed by atoms with E-state index in [9.17, 15) is 9.90 Å². The Hall–Kier alpha value is -3.71. The number of rotatable bonds is 5. The quantitative estimate of drug-likeness (QED) is 0.462. The smallest absolute Gasteiger partial charge is 0.258 e. The maximum atomic E-state index is 13.3. The van der Waals surface area contributed by atoms with Crippen LogP contribution in [0.3, 0.4) is 0 Å². The number of anilines is 1. The molecule has 7 heteroatoms. The average Bonchev–Trinajstić information content (AvgIpc) is 3.21. The lowest BCUT2D eigenvalue weighted by molar-refractivity contribution is 0.101. The summed E-state index contributed by atoms with van der Waals surface area (Å²) < 4.78 is 7.51. The zero-order valence-corrected chi connectivity index (χ0v) is 18.4. The van der Waals surface area contributed by atoms with E-state index < -0.39 is 0 Å². The van der Waals surface area contributed by atoms with Gasteiger partial charge in [0.2, 0.25) is 5.95 Å². The molecule has 0 unspecified atom stereocenters. The van der Waals surface area contributed by atoms with Crippen molar-refractivity contribution in [3.05, 3.63) is 72.4 Å². The molecule has 5 rings (SSSR count). The molecule has 1 saturated carbocycles. The lowest BCUT2D eigenvalue weighted by atomic mass is 9.92. The second kappa shape index (κ2) is 9.03. The molecule has 0 bridgehead atoms. The Morgan fingerprint density at radius 1 is 1.12 bits per heavy atom. The van der Waals surface area contributed by atoms with E-state index in [-0.39, 0.29) is 18.1 Å². The summed E-state index contributed by atoms with van der Waals surface area (Å²) in [5.74, 6) is 0.928. The topological polar surface area (TPSA) is 89.3 Å². The third-order valence-corrected chi connectivity index (χ3v) is 6.21. The molecule has 0 radical (unpaired) electrons. The van der Waals surface area contributed by atoms with E-state index in [1.165, 1.54) is 0 Å². The fourth-order valence-corrected chi connectivity index (χ4v) is 4.62. The maximum Gasteiger partial charge on any atom is 0.258 e. The Morgan fingerprint density at radius 2 is 1.94 bits per heavy atom. The predicted molar refractivity (Wildman–Crippen MR) is 127 cm³/mol. The molecule has 0 saturated heterocycles. The lowest BCUT2D eigenvalue weighted by Crippen LogP contribution is -2.25. The molecule has 1 aliphatic carbocycles. The van der Waals surface area contributed by atoms with Gasteiger partial charge in [0.15, 0.2) is 0 Å². The van der Waals surface area contributed by atoms with E-state index in [1.54, 1.807) is 25.4 Å². The van der Waals surface area contributed by atoms with Crippen molar-refractivity contribution in [1.29, 1.82) is 0 Å². The number of hydrogen-bond acceptors (Lipinski definition) is 5. The molecule has 0 spiro atoms. The van der Waals surface area contributed by atoms with Crippen LogP contribution < -0.4 is 10.1 Å². The number of nitrogens with zero attached hydrogens (tertiary/aromatic N) is 3. The van der Waals surface area contributed by atoms with E-state index in [0.717, 1.165) is 35.9 Å². The van der Waals surface area contributed by atoms with Crippen LogP contribution in [0.25, 0.3) is 22.3 Å². The van der Waals surface area contributed by atoms with E-state index >= 15 is 0 Å². The fourth-order valence-electron chi connectivity index (χ4n) is 4.62. The van der Waals surface area contributed by atoms with E-state index in [1.807, 2.05) is 48.5 Å². The number of methoxy groups -OCH3 is 1. The minimum absolute atomic E-state index is 0.0815. The highest BCUT2D eigenvalue weighted by atomic mass is 16.5. The summed E-state index contributed by atoms with van der Waals surface area (Å²) >= 11 is 0. The van der Waals surface area contributed by atoms with E-state index in [2.05, 4.69) is 14.9 Å². The summed E-state index contributed by atoms with van der Waals surface area (Å²) in [5, 5.41) is 13.3. The van der Waals surface area contributed by atoms with E-state index in [0.29, 0.717) is 29.4 Å². The van der Waals surface area contributed by atoms with Gasteiger partial charge in [-0.2, -0.15) is 0 Å². The van der Waals surface area contributed by atoms with Gasteiger partial charge in [-0.15, -0.1) is 0 Å². The van der Waals surface area contributed by atoms with Crippen LogP contribution in [-0.2, 0) is 0 Å². The molecular formula is C26H26N4O3. The van der Waals surface area contributed by atoms with Crippen LogP contribution in [0.5, 0.6) is 5.75 Å². The molecule has 2 atom stereocenters. The van der Waals surface area contributed by atoms with Gasteiger partial charge in [-0.3, -0.25) is 15.1 Å². The Bertz CT molecular complexity index is 1300. The summed E-state index contributed by atoms with van der Waals surface area (Å²) in [6, 6.07) is 18.9. The maximum absolute atomic E-state index is 13.3. The van der Waals surface area contributed by atoms with Crippen molar-refractivity contribution in [2.45, 2.75) is 37.8 Å². The first kappa shape index (κ1) is 21.2. The van der Waals surface area contributed by atoms with Crippen LogP contribution in [-0.4, -0.2) is 38.8 Å². The van der Waals surface area contributed by atoms with Crippen molar-refractivity contribution in [2.75, 3.05) is 12.4 Å². The highest BCUT2D eigenvalue weighted by Gasteiger charge is 2.26. The third kappa shape index (κ3) is 4.19. The minimum atomic E-state index is -0.336. The Morgan fingerprint density at radius 3 is 2.79 bits per heavy atom. The second-order valence-electron chi connectivity index (χ2n) is 8.35. The number of aliphatic hydroxyl groups excluding tert-OH is 1. The number of fused-ring (bicyclic) bond motifs is 1. The number of amides is 1. The molecule has 2 heterocycles. The van der Waals surface area contributed by atoms with Gasteiger partial charge in [0.05, 0.1) is 29.9 Å². The molecule has 33 heavy (non-hydrogen) atoms. The van der Waals surface area contributed by atoms with Crippen LogP contribution in [0, 0.1) is 0 Å². The van der Waals surface area contributed by atoms with E-state index in [4.69, 9.17) is 9.72 Å². The molecule has 4 aromatic rings. The molecule has 0 aliphatic heterocycles. The molecule has 7 nitrogen and oxygen atoms in total. The molecule has 2 aromatic heterocycles. The normalized spacial score (nSPS) is 18.2. The molecule has 2 aromatic carbocycles. The fraction of sp³-hybridized carbons (Fsp3) is 0.269. The number of pyridine rings is 1. The van der Waals surface area contributed by atoms with Gasteiger partial charge in [-0.25, -0.2) is 4.98 Å². The number of aromatic nitrogens is 3. The number of hydrogen-bond donors (Lipinski definition) is 2. The van der Waals surface area contributed by atoms with Crippen LogP contribution in [0.2, 0.25) is 0 Å². The summed E-state index contributed by atoms with van der Waals surface area (Å²) in [6.45, 7) is 0. The highest BCUT2D eigenvalue weighted by Crippen LogP contribution is 2.35. The summed E-state index contributed by atoms with van der Waals surface area (Å²) in [5.41, 5.74) is 3.73. The summed E-state index contributed by atoms with van der Waals surface area (Å²) in [7, 11) is 1.61. The zero-order chi connectivity index (χ0) is 22.8. The van der Waals surface area contributed by atoms with Crippen molar-refractivity contribution in [2.24, 2.45) is 0 Å². The minimum Gasteiger partial charge on any atom is -0.496 e. The van der Waals surface area contributed by atoms with Crippen LogP contribution in [0.15, 0.2) is 66.9 Å². The van der Waals surface area contributed by atoms with Crippen molar-refractivity contribution < 1.29 is 14.6 Å². The molecular weight excluding hydrogens is 416 g/mol. The zero-order valence-electron chi connectivity index (χ0n) is 18.4. The highest BCUT2D eigenvalue weighted by molar-refractivity contribution is 6.04. The molecule has 1 aliphatic rings. The standard InChI is InChI=1S/C26H26N4O3/c1-33-24-12-5-2-9-20(24)22-15-17(13-14-27-22)25(32)29-26-28-21-10-3-4-11-23(21)30(26)18-7-6-8-19(31)16-18/h2-5,9-15,18-19,31H,6-8,16H2,1H3,(H,28,29,32)/t18-,19-/m1/s1. The number of imidazole rings is 1. The van der Waals surface area contributed by atoms with Crippen molar-refractivity contribution in [3.63, 3.8) is 0 Å². The lowest BCUT2D eigenvalue weighted by Gasteiger charge is -2.28. The summed E-state index contributed by atoms with van der Waals surface area (Å²) in [6.07, 6.45) is 4.63. The number of ether oxygens (including phenoxy) is 1. The Balaban J connectivity index is 1.48. The molecule has 1 fully saturated rings. The van der Waals surface area contributed by atoms with Gasteiger partial charge in [-0.05, 0) is 62.1 Å². The third-order valence-electron chi connectivity index (χ3n) is 6.21. The monoisotopic (exact) mass is 442 g/mol. The summed E-state index contributed by atoms with van der Waals surface area (Å²) in [4.78, 5) is 22.4. The van der Waals surface area contributed by atoms with Gasteiger partial charge in [-0.1, -0.05) is 24.3 Å². The molecule has 1 amide bonds. The predicted octanol–water partition coefficient (Wildman–Crippen LogP) is 4.84. The van der Waals surface area contributed by atoms with Gasteiger partial charge in [0, 0.05) is 23.4 Å². The number of para-hydroxylation sites is 3. The Kier molecular flexibility index (Phi) is 5.79.